The summed E-state index contributed by atoms with van der Waals surface area (Å²) in [6.07, 6.45) is 2.27. The summed E-state index contributed by atoms with van der Waals surface area (Å²) in [6, 6.07) is 18.7. The van der Waals surface area contributed by atoms with Crippen molar-refractivity contribution >= 4 is 11.4 Å². The van der Waals surface area contributed by atoms with Crippen molar-refractivity contribution in [2.75, 3.05) is 17.2 Å². The predicted molar refractivity (Wildman–Crippen MR) is 81.3 cm³/mol. The highest BCUT2D eigenvalue weighted by molar-refractivity contribution is 5.74. The van der Waals surface area contributed by atoms with Crippen LogP contribution in [0.15, 0.2) is 48.5 Å². The molecule has 2 aromatic carbocycles. The molecule has 1 atom stereocenters. The second kappa shape index (κ2) is 5.26. The minimum absolute atomic E-state index is 0.354. The number of nitriles is 1. The number of benzene rings is 2. The van der Waals surface area contributed by atoms with Crippen LogP contribution in [0.25, 0.3) is 0 Å². The third-order valence-electron chi connectivity index (χ3n) is 3.95. The number of nitrogens with two attached hydrogens (primary N) is 1. The Morgan fingerprint density at radius 2 is 1.90 bits per heavy atom. The minimum Gasteiger partial charge on any atom is -0.396 e. The molecule has 2 aromatic rings. The van der Waals surface area contributed by atoms with Gasteiger partial charge in [0, 0.05) is 6.54 Å². The van der Waals surface area contributed by atoms with Crippen LogP contribution in [0.3, 0.4) is 0 Å². The van der Waals surface area contributed by atoms with E-state index >= 15 is 0 Å². The Labute approximate surface area is 119 Å². The van der Waals surface area contributed by atoms with E-state index in [1.54, 1.807) is 6.07 Å². The first-order chi connectivity index (χ1) is 9.81. The lowest BCUT2D eigenvalue weighted by Crippen LogP contribution is -2.23. The van der Waals surface area contributed by atoms with Gasteiger partial charge in [0.2, 0.25) is 0 Å². The van der Waals surface area contributed by atoms with Gasteiger partial charge in [0.05, 0.1) is 23.0 Å². The highest BCUT2D eigenvalue weighted by Crippen LogP contribution is 2.39. The quantitative estimate of drug-likeness (QED) is 0.844. The molecule has 0 bridgehead atoms. The summed E-state index contributed by atoms with van der Waals surface area (Å²) < 4.78 is 0. The molecule has 0 amide bonds. The zero-order valence-electron chi connectivity index (χ0n) is 11.3. The van der Waals surface area contributed by atoms with Crippen LogP contribution in [0.2, 0.25) is 0 Å². The molecular formula is C17H17N3. The summed E-state index contributed by atoms with van der Waals surface area (Å²) in [5, 5.41) is 9.12. The van der Waals surface area contributed by atoms with Crippen molar-refractivity contribution in [1.29, 1.82) is 5.26 Å². The van der Waals surface area contributed by atoms with E-state index in [9.17, 15) is 0 Å². The standard InChI is InChI=1S/C17H17N3/c18-12-14-8-4-9-16(17(14)19)20-11-5-10-15(20)13-6-2-1-3-7-13/h1-4,6-9,15H,5,10-11,19H2. The molecule has 1 unspecified atom stereocenters. The van der Waals surface area contributed by atoms with Crippen LogP contribution in [0.1, 0.15) is 30.0 Å². The first kappa shape index (κ1) is 12.6. The van der Waals surface area contributed by atoms with Gasteiger partial charge in [-0.15, -0.1) is 0 Å². The molecule has 0 aromatic heterocycles. The molecule has 3 heteroatoms. The summed E-state index contributed by atoms with van der Waals surface area (Å²) in [4.78, 5) is 2.32. The van der Waals surface area contributed by atoms with Gasteiger partial charge in [-0.25, -0.2) is 0 Å². The molecule has 100 valence electrons. The fraction of sp³-hybridized carbons (Fsp3) is 0.235. The lowest BCUT2D eigenvalue weighted by molar-refractivity contribution is 0.720. The van der Waals surface area contributed by atoms with Gasteiger partial charge in [0.15, 0.2) is 0 Å². The van der Waals surface area contributed by atoms with Gasteiger partial charge < -0.3 is 10.6 Å². The molecule has 3 nitrogen and oxygen atoms in total. The average Bonchev–Trinajstić information content (AvgIpc) is 2.97. The molecular weight excluding hydrogens is 246 g/mol. The lowest BCUT2D eigenvalue weighted by atomic mass is 10.0. The van der Waals surface area contributed by atoms with E-state index in [4.69, 9.17) is 11.0 Å². The zero-order chi connectivity index (χ0) is 13.9. The van der Waals surface area contributed by atoms with Crippen LogP contribution in [0.4, 0.5) is 11.4 Å². The number of anilines is 2. The molecule has 1 aliphatic heterocycles. The van der Waals surface area contributed by atoms with Crippen molar-refractivity contribution < 1.29 is 0 Å². The Hall–Kier alpha value is -2.47. The lowest BCUT2D eigenvalue weighted by Gasteiger charge is -2.28. The van der Waals surface area contributed by atoms with Crippen molar-refractivity contribution in [3.63, 3.8) is 0 Å². The number of para-hydroxylation sites is 1. The number of hydrogen-bond donors (Lipinski definition) is 1. The average molecular weight is 263 g/mol. The Morgan fingerprint density at radius 1 is 1.10 bits per heavy atom. The number of rotatable bonds is 2. The predicted octanol–water partition coefficient (Wildman–Crippen LogP) is 3.48. The highest BCUT2D eigenvalue weighted by Gasteiger charge is 2.27. The SMILES string of the molecule is N#Cc1cccc(N2CCCC2c2ccccc2)c1N. The minimum atomic E-state index is 0.354. The largest absolute Gasteiger partial charge is 0.396 e. The third-order valence-corrected chi connectivity index (χ3v) is 3.95. The molecule has 1 heterocycles. The molecule has 0 aliphatic carbocycles. The van der Waals surface area contributed by atoms with Crippen molar-refractivity contribution in [2.45, 2.75) is 18.9 Å². The zero-order valence-corrected chi connectivity index (χ0v) is 11.3. The van der Waals surface area contributed by atoms with Gasteiger partial charge in [-0.3, -0.25) is 0 Å². The van der Waals surface area contributed by atoms with Gasteiger partial charge in [0.25, 0.3) is 0 Å². The van der Waals surface area contributed by atoms with Gasteiger partial charge in [0.1, 0.15) is 6.07 Å². The van der Waals surface area contributed by atoms with E-state index in [0.717, 1.165) is 25.1 Å². The van der Waals surface area contributed by atoms with Crippen molar-refractivity contribution in [3.05, 3.63) is 59.7 Å². The van der Waals surface area contributed by atoms with Gasteiger partial charge in [-0.2, -0.15) is 5.26 Å². The van der Waals surface area contributed by atoms with Crippen LogP contribution in [0.5, 0.6) is 0 Å². The maximum atomic E-state index is 9.12. The summed E-state index contributed by atoms with van der Waals surface area (Å²) in [5.41, 5.74) is 9.60. The molecule has 0 radical (unpaired) electrons. The third kappa shape index (κ3) is 2.10. The maximum absolute atomic E-state index is 9.12. The Balaban J connectivity index is 2.00. The van der Waals surface area contributed by atoms with E-state index in [1.807, 2.05) is 18.2 Å². The summed E-state index contributed by atoms with van der Waals surface area (Å²) >= 11 is 0. The van der Waals surface area contributed by atoms with E-state index in [0.29, 0.717) is 17.3 Å². The van der Waals surface area contributed by atoms with Crippen LogP contribution in [-0.4, -0.2) is 6.54 Å². The van der Waals surface area contributed by atoms with E-state index in [2.05, 4.69) is 35.2 Å². The second-order valence-corrected chi connectivity index (χ2v) is 5.11. The fourth-order valence-corrected chi connectivity index (χ4v) is 2.98. The number of nitrogens with zero attached hydrogens (tertiary/aromatic N) is 2. The van der Waals surface area contributed by atoms with Crippen LogP contribution in [0, 0.1) is 11.3 Å². The van der Waals surface area contributed by atoms with E-state index < -0.39 is 0 Å². The van der Waals surface area contributed by atoms with Gasteiger partial charge in [-0.05, 0) is 30.5 Å². The van der Waals surface area contributed by atoms with E-state index in [1.165, 1.54) is 5.56 Å². The first-order valence-electron chi connectivity index (χ1n) is 6.91. The molecule has 1 aliphatic rings. The number of nitrogen functional groups attached to an aromatic ring is 1. The van der Waals surface area contributed by atoms with Crippen LogP contribution >= 0.6 is 0 Å². The molecule has 3 rings (SSSR count). The van der Waals surface area contributed by atoms with Crippen LogP contribution < -0.4 is 10.6 Å². The normalized spacial score (nSPS) is 17.9. The van der Waals surface area contributed by atoms with E-state index in [-0.39, 0.29) is 0 Å². The number of hydrogen-bond acceptors (Lipinski definition) is 3. The molecule has 20 heavy (non-hydrogen) atoms. The van der Waals surface area contributed by atoms with Gasteiger partial charge in [-0.1, -0.05) is 36.4 Å². The first-order valence-corrected chi connectivity index (χ1v) is 6.91. The monoisotopic (exact) mass is 263 g/mol. The summed E-state index contributed by atoms with van der Waals surface area (Å²) in [6.45, 7) is 0.985. The second-order valence-electron chi connectivity index (χ2n) is 5.11. The van der Waals surface area contributed by atoms with Crippen molar-refractivity contribution in [2.24, 2.45) is 0 Å². The molecule has 0 spiro atoms. The van der Waals surface area contributed by atoms with Crippen LogP contribution in [-0.2, 0) is 0 Å². The Bertz CT molecular complexity index is 643. The highest BCUT2D eigenvalue weighted by atomic mass is 15.2. The topological polar surface area (TPSA) is 53.0 Å². The van der Waals surface area contributed by atoms with Crippen molar-refractivity contribution in [3.8, 4) is 6.07 Å². The van der Waals surface area contributed by atoms with Crippen molar-refractivity contribution in [1.82, 2.24) is 0 Å². The smallest absolute Gasteiger partial charge is 0.101 e. The Kier molecular flexibility index (Phi) is 3.30. The molecule has 2 N–H and O–H groups in total. The fourth-order valence-electron chi connectivity index (χ4n) is 2.98. The summed E-state index contributed by atoms with van der Waals surface area (Å²) in [7, 11) is 0. The summed E-state index contributed by atoms with van der Waals surface area (Å²) in [5.74, 6) is 0. The van der Waals surface area contributed by atoms with Gasteiger partial charge >= 0.3 is 0 Å². The molecule has 1 saturated heterocycles. The Morgan fingerprint density at radius 3 is 2.65 bits per heavy atom. The molecule has 1 fully saturated rings. The molecule has 0 saturated carbocycles. The maximum Gasteiger partial charge on any atom is 0.101 e.